The summed E-state index contributed by atoms with van der Waals surface area (Å²) in [4.78, 5) is 28.1. The van der Waals surface area contributed by atoms with Crippen molar-refractivity contribution in [2.24, 2.45) is 0 Å². The second-order valence-corrected chi connectivity index (χ2v) is 7.42. The second-order valence-electron chi connectivity index (χ2n) is 6.58. The number of nitrogens with one attached hydrogen (secondary N) is 1. The van der Waals surface area contributed by atoms with Crippen LogP contribution in [0.5, 0.6) is 5.75 Å². The molecule has 0 bridgehead atoms. The van der Waals surface area contributed by atoms with Crippen LogP contribution in [0.1, 0.15) is 0 Å². The molecule has 2 aromatic carbocycles. The van der Waals surface area contributed by atoms with E-state index in [1.807, 2.05) is 4.90 Å². The number of anilines is 1. The fraction of sp³-hybridized carbons (Fsp3) is 0.300. The molecule has 0 unspecified atom stereocenters. The Morgan fingerprint density at radius 3 is 2.55 bits per heavy atom. The van der Waals surface area contributed by atoms with Crippen LogP contribution in [0.15, 0.2) is 42.5 Å². The van der Waals surface area contributed by atoms with Crippen LogP contribution >= 0.6 is 23.2 Å². The summed E-state index contributed by atoms with van der Waals surface area (Å²) < 4.78 is 18.7. The fourth-order valence-electron chi connectivity index (χ4n) is 2.94. The largest absolute Gasteiger partial charge is 0.482 e. The molecule has 29 heavy (non-hydrogen) atoms. The number of rotatable bonds is 6. The number of hydrogen-bond acceptors (Lipinski definition) is 4. The molecule has 1 aliphatic heterocycles. The summed E-state index contributed by atoms with van der Waals surface area (Å²) >= 11 is 11.9. The van der Waals surface area contributed by atoms with Crippen molar-refractivity contribution in [2.75, 3.05) is 44.6 Å². The Bertz CT molecular complexity index is 889. The van der Waals surface area contributed by atoms with E-state index in [0.29, 0.717) is 47.7 Å². The minimum absolute atomic E-state index is 0.139. The highest BCUT2D eigenvalue weighted by atomic mass is 35.5. The Labute approximate surface area is 178 Å². The lowest BCUT2D eigenvalue weighted by Crippen LogP contribution is -2.51. The molecule has 1 fully saturated rings. The lowest BCUT2D eigenvalue weighted by molar-refractivity contribution is -0.135. The normalized spacial score (nSPS) is 14.5. The highest BCUT2D eigenvalue weighted by Crippen LogP contribution is 2.27. The summed E-state index contributed by atoms with van der Waals surface area (Å²) in [5.74, 6) is -0.435. The van der Waals surface area contributed by atoms with Crippen LogP contribution in [-0.2, 0) is 9.59 Å². The molecule has 0 aliphatic carbocycles. The lowest BCUT2D eigenvalue weighted by atomic mass is 10.3. The maximum Gasteiger partial charge on any atom is 0.260 e. The molecule has 9 heteroatoms. The van der Waals surface area contributed by atoms with Crippen molar-refractivity contribution < 1.29 is 18.7 Å². The van der Waals surface area contributed by atoms with E-state index in [-0.39, 0.29) is 25.0 Å². The number of piperazine rings is 1. The van der Waals surface area contributed by atoms with Gasteiger partial charge in [-0.1, -0.05) is 29.3 Å². The highest BCUT2D eigenvalue weighted by Gasteiger charge is 2.23. The van der Waals surface area contributed by atoms with E-state index >= 15 is 0 Å². The third-order valence-corrected chi connectivity index (χ3v) is 4.99. The molecule has 2 amide bonds. The van der Waals surface area contributed by atoms with Gasteiger partial charge in [-0.3, -0.25) is 14.5 Å². The van der Waals surface area contributed by atoms with Crippen LogP contribution in [0.3, 0.4) is 0 Å². The van der Waals surface area contributed by atoms with E-state index in [2.05, 4.69) is 5.32 Å². The summed E-state index contributed by atoms with van der Waals surface area (Å²) in [6, 6.07) is 10.6. The highest BCUT2D eigenvalue weighted by molar-refractivity contribution is 6.34. The van der Waals surface area contributed by atoms with Gasteiger partial charge in [0.15, 0.2) is 6.61 Å². The quantitative estimate of drug-likeness (QED) is 0.749. The fourth-order valence-corrected chi connectivity index (χ4v) is 3.28. The lowest BCUT2D eigenvalue weighted by Gasteiger charge is -2.34. The van der Waals surface area contributed by atoms with Crippen molar-refractivity contribution in [2.45, 2.75) is 0 Å². The Morgan fingerprint density at radius 2 is 1.83 bits per heavy atom. The van der Waals surface area contributed by atoms with Crippen LogP contribution in [0.4, 0.5) is 10.1 Å². The van der Waals surface area contributed by atoms with E-state index in [9.17, 15) is 14.0 Å². The molecule has 6 nitrogen and oxygen atoms in total. The number of benzene rings is 2. The first kappa shape index (κ1) is 21.4. The van der Waals surface area contributed by atoms with Gasteiger partial charge in [0.05, 0.1) is 11.6 Å². The molecule has 0 aromatic heterocycles. The number of halogens is 3. The molecule has 0 saturated carbocycles. The summed E-state index contributed by atoms with van der Waals surface area (Å²) in [6.07, 6.45) is 0. The predicted octanol–water partition coefficient (Wildman–Crippen LogP) is 3.29. The van der Waals surface area contributed by atoms with E-state index in [0.717, 1.165) is 0 Å². The van der Waals surface area contributed by atoms with Gasteiger partial charge in [-0.25, -0.2) is 4.39 Å². The van der Waals surface area contributed by atoms with Gasteiger partial charge in [-0.05, 0) is 30.3 Å². The first-order valence-electron chi connectivity index (χ1n) is 9.04. The second kappa shape index (κ2) is 9.91. The van der Waals surface area contributed by atoms with Crippen molar-refractivity contribution in [3.63, 3.8) is 0 Å². The topological polar surface area (TPSA) is 61.9 Å². The predicted molar refractivity (Wildman–Crippen MR) is 110 cm³/mol. The Hall–Kier alpha value is -2.35. The minimum atomic E-state index is -0.406. The van der Waals surface area contributed by atoms with Gasteiger partial charge in [0, 0.05) is 43.0 Å². The summed E-state index contributed by atoms with van der Waals surface area (Å²) in [5, 5.41) is 3.53. The first-order chi connectivity index (χ1) is 13.9. The molecule has 0 radical (unpaired) electrons. The van der Waals surface area contributed by atoms with Crippen LogP contribution < -0.4 is 10.1 Å². The number of ether oxygens (including phenoxy) is 1. The Balaban J connectivity index is 1.42. The van der Waals surface area contributed by atoms with Crippen LogP contribution in [-0.4, -0.2) is 60.9 Å². The third-order valence-electron chi connectivity index (χ3n) is 4.44. The molecule has 1 aliphatic rings. The third kappa shape index (κ3) is 6.32. The first-order valence-corrected chi connectivity index (χ1v) is 9.80. The maximum atomic E-state index is 13.2. The summed E-state index contributed by atoms with van der Waals surface area (Å²) in [5.41, 5.74) is 0.417. The zero-order valence-electron chi connectivity index (χ0n) is 15.5. The van der Waals surface area contributed by atoms with E-state index < -0.39 is 5.82 Å². The monoisotopic (exact) mass is 439 g/mol. The van der Waals surface area contributed by atoms with Gasteiger partial charge in [0.1, 0.15) is 11.6 Å². The summed E-state index contributed by atoms with van der Waals surface area (Å²) in [6.45, 7) is 2.12. The maximum absolute atomic E-state index is 13.2. The average molecular weight is 440 g/mol. The van der Waals surface area contributed by atoms with Gasteiger partial charge in [-0.15, -0.1) is 0 Å². The number of nitrogens with zero attached hydrogens (tertiary/aromatic N) is 2. The Morgan fingerprint density at radius 1 is 1.07 bits per heavy atom. The molecular weight excluding hydrogens is 420 g/mol. The van der Waals surface area contributed by atoms with Gasteiger partial charge in [0.2, 0.25) is 5.91 Å². The van der Waals surface area contributed by atoms with Crippen LogP contribution in [0.25, 0.3) is 0 Å². The van der Waals surface area contributed by atoms with E-state index in [4.69, 9.17) is 27.9 Å². The number of carbonyl (C=O) groups excluding carboxylic acids is 2. The molecule has 2 aromatic rings. The van der Waals surface area contributed by atoms with Crippen molar-refractivity contribution in [3.05, 3.63) is 58.3 Å². The van der Waals surface area contributed by atoms with Gasteiger partial charge < -0.3 is 15.0 Å². The zero-order chi connectivity index (χ0) is 20.8. The number of hydrogen-bond donors (Lipinski definition) is 1. The van der Waals surface area contributed by atoms with E-state index in [1.54, 1.807) is 29.2 Å². The molecule has 0 spiro atoms. The van der Waals surface area contributed by atoms with Crippen molar-refractivity contribution in [1.82, 2.24) is 9.80 Å². The molecule has 0 atom stereocenters. The van der Waals surface area contributed by atoms with Gasteiger partial charge in [-0.2, -0.15) is 0 Å². The van der Waals surface area contributed by atoms with Crippen molar-refractivity contribution >= 4 is 40.7 Å². The SMILES string of the molecule is O=C(CN1CCN(C(=O)COc2cc(Cl)ccc2Cl)CC1)Nc1cccc(F)c1. The minimum Gasteiger partial charge on any atom is -0.482 e. The summed E-state index contributed by atoms with van der Waals surface area (Å²) in [7, 11) is 0. The van der Waals surface area contributed by atoms with Crippen molar-refractivity contribution in [3.8, 4) is 5.75 Å². The van der Waals surface area contributed by atoms with Crippen LogP contribution in [0, 0.1) is 5.82 Å². The molecule has 154 valence electrons. The number of carbonyl (C=O) groups is 2. The van der Waals surface area contributed by atoms with E-state index in [1.165, 1.54) is 18.2 Å². The Kier molecular flexibility index (Phi) is 7.30. The standard InChI is InChI=1S/C20H20Cl2FN3O3/c21-14-4-5-17(22)18(10-14)29-13-20(28)26-8-6-25(7-9-26)12-19(27)24-16-3-1-2-15(23)11-16/h1-5,10-11H,6-9,12-13H2,(H,24,27). The number of amides is 2. The average Bonchev–Trinajstić information content (AvgIpc) is 2.69. The molecule has 3 rings (SSSR count). The molecular formula is C20H20Cl2FN3O3. The zero-order valence-corrected chi connectivity index (χ0v) is 17.0. The van der Waals surface area contributed by atoms with Gasteiger partial charge >= 0.3 is 0 Å². The molecule has 1 heterocycles. The van der Waals surface area contributed by atoms with Crippen LogP contribution in [0.2, 0.25) is 10.0 Å². The molecule has 1 N–H and O–H groups in total. The smallest absolute Gasteiger partial charge is 0.260 e. The van der Waals surface area contributed by atoms with Crippen molar-refractivity contribution in [1.29, 1.82) is 0 Å². The van der Waals surface area contributed by atoms with Gasteiger partial charge in [0.25, 0.3) is 5.91 Å². The molecule has 1 saturated heterocycles.